The third kappa shape index (κ3) is 4.81. The molecule has 0 fully saturated rings. The van der Waals surface area contributed by atoms with Gasteiger partial charge in [-0.2, -0.15) is 0 Å². The maximum Gasteiger partial charge on any atom is 0.164 e. The van der Waals surface area contributed by atoms with Crippen LogP contribution in [0.25, 0.3) is 67.5 Å². The van der Waals surface area contributed by atoms with Crippen LogP contribution in [0.5, 0.6) is 0 Å². The largest absolute Gasteiger partial charge is 0.265 e. The zero-order valence-corrected chi connectivity index (χ0v) is 25.1. The van der Waals surface area contributed by atoms with Gasteiger partial charge in [-0.15, -0.1) is 0 Å². The van der Waals surface area contributed by atoms with E-state index >= 15 is 0 Å². The molecule has 1 aliphatic rings. The van der Waals surface area contributed by atoms with Gasteiger partial charge in [0.25, 0.3) is 0 Å². The lowest BCUT2D eigenvalue weighted by Gasteiger charge is -2.22. The number of benzene rings is 5. The molecule has 1 aliphatic carbocycles. The minimum Gasteiger partial charge on any atom is -0.265 e. The van der Waals surface area contributed by atoms with Crippen LogP contribution < -0.4 is 0 Å². The molecule has 45 heavy (non-hydrogen) atoms. The summed E-state index contributed by atoms with van der Waals surface area (Å²) in [6.45, 7) is 4.64. The van der Waals surface area contributed by atoms with Gasteiger partial charge in [0, 0.05) is 34.5 Å². The van der Waals surface area contributed by atoms with Crippen molar-refractivity contribution >= 4 is 0 Å². The van der Waals surface area contributed by atoms with Crippen molar-refractivity contribution in [2.24, 2.45) is 0 Å². The van der Waals surface area contributed by atoms with Gasteiger partial charge in [-0.3, -0.25) is 4.98 Å². The molecule has 2 aromatic heterocycles. The van der Waals surface area contributed by atoms with Gasteiger partial charge in [0.15, 0.2) is 17.5 Å². The van der Waals surface area contributed by atoms with Gasteiger partial charge in [-0.1, -0.05) is 123 Å². The van der Waals surface area contributed by atoms with Crippen LogP contribution in [0.3, 0.4) is 0 Å². The Kier molecular flexibility index (Phi) is 6.42. The van der Waals surface area contributed by atoms with E-state index in [1.807, 2.05) is 54.9 Å². The average Bonchev–Trinajstić information content (AvgIpc) is 3.34. The first-order chi connectivity index (χ1) is 22.0. The van der Waals surface area contributed by atoms with E-state index in [0.717, 1.165) is 33.4 Å². The Balaban J connectivity index is 1.21. The number of aromatic nitrogens is 4. The molecule has 5 aromatic carbocycles. The van der Waals surface area contributed by atoms with Crippen molar-refractivity contribution in [3.63, 3.8) is 0 Å². The molecule has 0 bridgehead atoms. The summed E-state index contributed by atoms with van der Waals surface area (Å²) < 4.78 is 0. The quantitative estimate of drug-likeness (QED) is 0.204. The summed E-state index contributed by atoms with van der Waals surface area (Å²) in [5.74, 6) is 1.94. The zero-order chi connectivity index (χ0) is 30.4. The highest BCUT2D eigenvalue weighted by Crippen LogP contribution is 2.49. The average molecular weight is 579 g/mol. The molecule has 0 radical (unpaired) electrons. The van der Waals surface area contributed by atoms with Gasteiger partial charge in [0.2, 0.25) is 0 Å². The first-order valence-corrected chi connectivity index (χ1v) is 15.2. The molecule has 0 unspecified atom stereocenters. The number of pyridine rings is 1. The van der Waals surface area contributed by atoms with Gasteiger partial charge in [-0.25, -0.2) is 15.0 Å². The van der Waals surface area contributed by atoms with Crippen LogP contribution in [0, 0.1) is 0 Å². The SMILES string of the molecule is CC1(C)c2ccccc2-c2ccc(-c3cccc(-c4nc(-c5ccccc5)nc(-c5ccc(-c6ccncc6)cc5)n4)c3)cc21. The molecule has 214 valence electrons. The van der Waals surface area contributed by atoms with Gasteiger partial charge in [-0.05, 0) is 68.8 Å². The second-order valence-electron chi connectivity index (χ2n) is 12.0. The van der Waals surface area contributed by atoms with E-state index in [1.54, 1.807) is 0 Å². The zero-order valence-electron chi connectivity index (χ0n) is 25.1. The summed E-state index contributed by atoms with van der Waals surface area (Å²) in [6.07, 6.45) is 3.62. The van der Waals surface area contributed by atoms with Crippen molar-refractivity contribution in [3.8, 4) is 67.5 Å². The first kappa shape index (κ1) is 26.9. The number of hydrogen-bond donors (Lipinski definition) is 0. The summed E-state index contributed by atoms with van der Waals surface area (Å²) in [7, 11) is 0. The van der Waals surface area contributed by atoms with E-state index in [2.05, 4.69) is 110 Å². The molecule has 0 spiro atoms. The minimum atomic E-state index is -0.0554. The van der Waals surface area contributed by atoms with E-state index in [4.69, 9.17) is 15.0 Å². The molecule has 4 heteroatoms. The number of rotatable bonds is 5. The van der Waals surface area contributed by atoms with Crippen molar-refractivity contribution in [3.05, 3.63) is 157 Å². The minimum absolute atomic E-state index is 0.0554. The number of hydrogen-bond acceptors (Lipinski definition) is 4. The maximum absolute atomic E-state index is 5.01. The predicted molar refractivity (Wildman–Crippen MR) is 182 cm³/mol. The van der Waals surface area contributed by atoms with E-state index in [-0.39, 0.29) is 5.41 Å². The molecule has 8 rings (SSSR count). The van der Waals surface area contributed by atoms with E-state index in [0.29, 0.717) is 17.5 Å². The Morgan fingerprint density at radius 1 is 0.378 bits per heavy atom. The van der Waals surface area contributed by atoms with E-state index < -0.39 is 0 Å². The Morgan fingerprint density at radius 3 is 1.64 bits per heavy atom. The molecule has 0 amide bonds. The fourth-order valence-electron chi connectivity index (χ4n) is 6.43. The molecule has 4 nitrogen and oxygen atoms in total. The normalized spacial score (nSPS) is 12.8. The van der Waals surface area contributed by atoms with Crippen LogP contribution >= 0.6 is 0 Å². The molecule has 2 heterocycles. The molecular weight excluding hydrogens is 548 g/mol. The van der Waals surface area contributed by atoms with Crippen LogP contribution in [-0.4, -0.2) is 19.9 Å². The predicted octanol–water partition coefficient (Wildman–Crippen LogP) is 9.91. The Labute approximate surface area is 263 Å². The van der Waals surface area contributed by atoms with Crippen molar-refractivity contribution in [2.75, 3.05) is 0 Å². The smallest absolute Gasteiger partial charge is 0.164 e. The second kappa shape index (κ2) is 10.8. The summed E-state index contributed by atoms with van der Waals surface area (Å²) in [6, 6.07) is 46.6. The summed E-state index contributed by atoms with van der Waals surface area (Å²) in [5.41, 5.74) is 12.7. The topological polar surface area (TPSA) is 51.6 Å². The van der Waals surface area contributed by atoms with Gasteiger partial charge in [0.05, 0.1) is 0 Å². The lowest BCUT2D eigenvalue weighted by Crippen LogP contribution is -2.14. The van der Waals surface area contributed by atoms with Crippen LogP contribution in [0.1, 0.15) is 25.0 Å². The molecule has 0 saturated heterocycles. The Hall–Kier alpha value is -5.74. The molecular formula is C41H30N4. The standard InChI is InChI=1S/C41H30N4/c1-41(2)36-14-7-6-13-34(36)35-20-19-32(26-37(35)41)31-11-8-12-33(25-31)40-44-38(29-9-4-3-5-10-29)43-39(45-40)30-17-15-27(16-18-30)28-21-23-42-24-22-28/h3-26H,1-2H3. The second-order valence-corrected chi connectivity index (χ2v) is 12.0. The fourth-order valence-corrected chi connectivity index (χ4v) is 6.43. The van der Waals surface area contributed by atoms with Crippen LogP contribution in [0.15, 0.2) is 146 Å². The Bertz CT molecular complexity index is 2170. The summed E-state index contributed by atoms with van der Waals surface area (Å²) in [5, 5.41) is 0. The lowest BCUT2D eigenvalue weighted by atomic mass is 9.81. The lowest BCUT2D eigenvalue weighted by molar-refractivity contribution is 0.660. The molecule has 0 N–H and O–H groups in total. The van der Waals surface area contributed by atoms with Gasteiger partial charge in [0.1, 0.15) is 0 Å². The van der Waals surface area contributed by atoms with Gasteiger partial charge < -0.3 is 0 Å². The maximum atomic E-state index is 5.01. The van der Waals surface area contributed by atoms with E-state index in [9.17, 15) is 0 Å². The van der Waals surface area contributed by atoms with Crippen molar-refractivity contribution in [2.45, 2.75) is 19.3 Å². The highest BCUT2D eigenvalue weighted by Gasteiger charge is 2.35. The Morgan fingerprint density at radius 2 is 0.889 bits per heavy atom. The monoisotopic (exact) mass is 578 g/mol. The highest BCUT2D eigenvalue weighted by atomic mass is 15.0. The molecule has 0 atom stereocenters. The van der Waals surface area contributed by atoms with Crippen LogP contribution in [-0.2, 0) is 5.41 Å². The van der Waals surface area contributed by atoms with Crippen molar-refractivity contribution in [1.29, 1.82) is 0 Å². The fraction of sp³-hybridized carbons (Fsp3) is 0.0732. The number of nitrogens with zero attached hydrogens (tertiary/aromatic N) is 4. The third-order valence-electron chi connectivity index (χ3n) is 8.86. The molecule has 7 aromatic rings. The van der Waals surface area contributed by atoms with Gasteiger partial charge >= 0.3 is 0 Å². The van der Waals surface area contributed by atoms with Crippen LogP contribution in [0.4, 0.5) is 0 Å². The summed E-state index contributed by atoms with van der Waals surface area (Å²) >= 11 is 0. The van der Waals surface area contributed by atoms with E-state index in [1.165, 1.54) is 27.8 Å². The van der Waals surface area contributed by atoms with Crippen molar-refractivity contribution in [1.82, 2.24) is 19.9 Å². The number of fused-ring (bicyclic) bond motifs is 3. The first-order valence-electron chi connectivity index (χ1n) is 15.2. The highest BCUT2D eigenvalue weighted by molar-refractivity contribution is 5.84. The van der Waals surface area contributed by atoms with Crippen LogP contribution in [0.2, 0.25) is 0 Å². The summed E-state index contributed by atoms with van der Waals surface area (Å²) in [4.78, 5) is 19.1. The molecule has 0 aliphatic heterocycles. The third-order valence-corrected chi connectivity index (χ3v) is 8.86. The molecule has 0 saturated carbocycles. The van der Waals surface area contributed by atoms with Crippen molar-refractivity contribution < 1.29 is 0 Å².